The molecular formula is C12H16F2N2O4S. The largest absolute Gasteiger partial charge is 0.479 e. The van der Waals surface area contributed by atoms with Gasteiger partial charge in [-0.15, -0.1) is 0 Å². The number of likely N-dealkylation sites (N-methyl/N-ethyl adjacent to an activating group) is 1. The number of nitrogens with zero attached hydrogens (tertiary/aromatic N) is 1. The second-order valence-electron chi connectivity index (χ2n) is 4.65. The molecule has 118 valence electrons. The number of hydrogen-bond acceptors (Lipinski definition) is 4. The maximum Gasteiger partial charge on any atom is 0.260 e. The molecule has 0 aliphatic heterocycles. The van der Waals surface area contributed by atoms with Gasteiger partial charge in [-0.2, -0.15) is 0 Å². The van der Waals surface area contributed by atoms with Crippen molar-refractivity contribution in [1.82, 2.24) is 4.90 Å². The first kappa shape index (κ1) is 17.3. The minimum atomic E-state index is -4.39. The molecule has 6 nitrogen and oxygen atoms in total. The second kappa shape index (κ2) is 6.35. The fourth-order valence-electron chi connectivity index (χ4n) is 1.41. The quantitative estimate of drug-likeness (QED) is 0.870. The van der Waals surface area contributed by atoms with Gasteiger partial charge in [-0.1, -0.05) is 0 Å². The normalized spacial score (nSPS) is 11.6. The van der Waals surface area contributed by atoms with Gasteiger partial charge in [-0.05, 0) is 19.9 Å². The Kier molecular flexibility index (Phi) is 5.24. The van der Waals surface area contributed by atoms with E-state index in [1.165, 1.54) is 11.9 Å². The van der Waals surface area contributed by atoms with E-state index in [0.29, 0.717) is 12.1 Å². The molecule has 0 aliphatic carbocycles. The zero-order valence-corrected chi connectivity index (χ0v) is 12.6. The third-order valence-corrected chi connectivity index (χ3v) is 3.71. The summed E-state index contributed by atoms with van der Waals surface area (Å²) in [5.74, 6) is -3.63. The van der Waals surface area contributed by atoms with Crippen molar-refractivity contribution in [2.24, 2.45) is 5.14 Å². The van der Waals surface area contributed by atoms with Crippen LogP contribution in [0.1, 0.15) is 13.8 Å². The number of carbonyl (C=O) groups excluding carboxylic acids is 1. The number of amides is 1. The van der Waals surface area contributed by atoms with Crippen LogP contribution in [0.4, 0.5) is 8.78 Å². The Bertz CT molecular complexity index is 647. The number of benzene rings is 1. The lowest BCUT2D eigenvalue weighted by molar-refractivity contribution is -0.133. The number of ether oxygens (including phenoxy) is 1. The predicted molar refractivity (Wildman–Crippen MR) is 71.1 cm³/mol. The third kappa shape index (κ3) is 4.36. The molecule has 1 aromatic carbocycles. The average Bonchev–Trinajstić information content (AvgIpc) is 2.34. The molecule has 0 atom stereocenters. The maximum absolute atomic E-state index is 13.6. The Morgan fingerprint density at radius 2 is 1.95 bits per heavy atom. The van der Waals surface area contributed by atoms with Crippen molar-refractivity contribution in [1.29, 1.82) is 0 Å². The third-order valence-electron chi connectivity index (χ3n) is 2.79. The molecule has 2 N–H and O–H groups in total. The lowest BCUT2D eigenvalue weighted by atomic mass is 10.3. The lowest BCUT2D eigenvalue weighted by Crippen LogP contribution is -2.36. The van der Waals surface area contributed by atoms with E-state index in [0.717, 1.165) is 0 Å². The summed E-state index contributed by atoms with van der Waals surface area (Å²) in [5.41, 5.74) is 0. The van der Waals surface area contributed by atoms with Gasteiger partial charge in [-0.3, -0.25) is 4.79 Å². The maximum atomic E-state index is 13.6. The molecule has 0 aliphatic rings. The predicted octanol–water partition coefficient (Wildman–Crippen LogP) is 0.858. The topological polar surface area (TPSA) is 89.7 Å². The number of halogens is 2. The molecule has 0 saturated heterocycles. The van der Waals surface area contributed by atoms with Gasteiger partial charge in [0.25, 0.3) is 5.91 Å². The monoisotopic (exact) mass is 322 g/mol. The van der Waals surface area contributed by atoms with Gasteiger partial charge in [0, 0.05) is 19.2 Å². The van der Waals surface area contributed by atoms with E-state index in [2.05, 4.69) is 0 Å². The van der Waals surface area contributed by atoms with Crippen LogP contribution in [-0.2, 0) is 14.8 Å². The van der Waals surface area contributed by atoms with Crippen LogP contribution in [0.15, 0.2) is 17.0 Å². The minimum absolute atomic E-state index is 0.114. The number of sulfonamides is 1. The molecule has 21 heavy (non-hydrogen) atoms. The fourth-order valence-corrected chi connectivity index (χ4v) is 2.10. The van der Waals surface area contributed by atoms with Crippen LogP contribution in [-0.4, -0.2) is 38.9 Å². The first-order valence-corrected chi connectivity index (χ1v) is 7.49. The van der Waals surface area contributed by atoms with E-state index in [1.807, 2.05) is 0 Å². The van der Waals surface area contributed by atoms with E-state index in [9.17, 15) is 22.0 Å². The molecule has 0 fully saturated rings. The molecule has 0 heterocycles. The van der Waals surface area contributed by atoms with Gasteiger partial charge in [0.15, 0.2) is 18.2 Å². The van der Waals surface area contributed by atoms with Crippen LogP contribution in [0.5, 0.6) is 5.75 Å². The molecule has 0 unspecified atom stereocenters. The molecule has 0 aromatic heterocycles. The van der Waals surface area contributed by atoms with E-state index in [4.69, 9.17) is 9.88 Å². The minimum Gasteiger partial charge on any atom is -0.479 e. The summed E-state index contributed by atoms with van der Waals surface area (Å²) in [6.45, 7) is 2.91. The van der Waals surface area contributed by atoms with E-state index >= 15 is 0 Å². The first-order chi connectivity index (χ1) is 9.54. The van der Waals surface area contributed by atoms with Gasteiger partial charge in [-0.25, -0.2) is 22.3 Å². The number of carbonyl (C=O) groups is 1. The summed E-state index contributed by atoms with van der Waals surface area (Å²) in [7, 11) is -2.88. The van der Waals surface area contributed by atoms with Crippen molar-refractivity contribution >= 4 is 15.9 Å². The highest BCUT2D eigenvalue weighted by Crippen LogP contribution is 2.27. The summed E-state index contributed by atoms with van der Waals surface area (Å²) >= 11 is 0. The van der Waals surface area contributed by atoms with Gasteiger partial charge < -0.3 is 9.64 Å². The highest BCUT2D eigenvalue weighted by Gasteiger charge is 2.23. The lowest BCUT2D eigenvalue weighted by Gasteiger charge is -2.21. The Morgan fingerprint density at radius 1 is 1.38 bits per heavy atom. The van der Waals surface area contributed by atoms with Crippen molar-refractivity contribution in [3.05, 3.63) is 23.8 Å². The molecular weight excluding hydrogens is 306 g/mol. The van der Waals surface area contributed by atoms with Crippen LogP contribution in [0, 0.1) is 11.6 Å². The number of primary sulfonamides is 1. The fraction of sp³-hybridized carbons (Fsp3) is 0.417. The highest BCUT2D eigenvalue weighted by molar-refractivity contribution is 7.89. The molecule has 1 amide bonds. The molecule has 1 rings (SSSR count). The van der Waals surface area contributed by atoms with Crippen LogP contribution in [0.2, 0.25) is 0 Å². The second-order valence-corrected chi connectivity index (χ2v) is 6.18. The summed E-state index contributed by atoms with van der Waals surface area (Å²) in [5, 5.41) is 4.87. The standard InChI is InChI=1S/C12H16F2N2O4S/c1-7(2)16(3)11(17)6-20-12-9(14)4-8(13)5-10(12)21(15,18)19/h4-5,7H,6H2,1-3H3,(H2,15,18,19). The van der Waals surface area contributed by atoms with Crippen molar-refractivity contribution < 1.29 is 26.7 Å². The van der Waals surface area contributed by atoms with E-state index < -0.39 is 44.8 Å². The SMILES string of the molecule is CC(C)N(C)C(=O)COc1c(F)cc(F)cc1S(N)(=O)=O. The van der Waals surface area contributed by atoms with Crippen molar-refractivity contribution in [2.45, 2.75) is 24.8 Å². The smallest absolute Gasteiger partial charge is 0.260 e. The van der Waals surface area contributed by atoms with Gasteiger partial charge in [0.2, 0.25) is 10.0 Å². The number of rotatable bonds is 5. The Labute approximate surface area is 121 Å². The molecule has 0 radical (unpaired) electrons. The first-order valence-electron chi connectivity index (χ1n) is 5.94. The molecule has 9 heteroatoms. The summed E-state index contributed by atoms with van der Waals surface area (Å²) in [6, 6.07) is 0.863. The summed E-state index contributed by atoms with van der Waals surface area (Å²) in [6.07, 6.45) is 0. The zero-order valence-electron chi connectivity index (χ0n) is 11.8. The average molecular weight is 322 g/mol. The molecule has 0 spiro atoms. The molecule has 1 aromatic rings. The Morgan fingerprint density at radius 3 is 2.43 bits per heavy atom. The van der Waals surface area contributed by atoms with Crippen molar-refractivity contribution in [2.75, 3.05) is 13.7 Å². The van der Waals surface area contributed by atoms with Crippen LogP contribution in [0.25, 0.3) is 0 Å². The summed E-state index contributed by atoms with van der Waals surface area (Å²) in [4.78, 5) is 12.2. The van der Waals surface area contributed by atoms with Crippen LogP contribution in [0.3, 0.4) is 0 Å². The van der Waals surface area contributed by atoms with Gasteiger partial charge in [0.1, 0.15) is 10.7 Å². The van der Waals surface area contributed by atoms with Crippen LogP contribution < -0.4 is 9.88 Å². The van der Waals surface area contributed by atoms with Crippen LogP contribution >= 0.6 is 0 Å². The molecule has 0 saturated carbocycles. The Balaban J connectivity index is 3.07. The highest BCUT2D eigenvalue weighted by atomic mass is 32.2. The van der Waals surface area contributed by atoms with E-state index in [-0.39, 0.29) is 6.04 Å². The molecule has 0 bridgehead atoms. The van der Waals surface area contributed by atoms with Crippen molar-refractivity contribution in [3.8, 4) is 5.75 Å². The van der Waals surface area contributed by atoms with Gasteiger partial charge in [0.05, 0.1) is 0 Å². The zero-order chi connectivity index (χ0) is 16.4. The number of hydrogen-bond donors (Lipinski definition) is 1. The Hall–Kier alpha value is -1.74. The summed E-state index contributed by atoms with van der Waals surface area (Å²) < 4.78 is 54.2. The van der Waals surface area contributed by atoms with Crippen molar-refractivity contribution in [3.63, 3.8) is 0 Å². The van der Waals surface area contributed by atoms with Gasteiger partial charge >= 0.3 is 0 Å². The van der Waals surface area contributed by atoms with E-state index in [1.54, 1.807) is 13.8 Å². The number of nitrogens with two attached hydrogens (primary N) is 1.